The minimum Gasteiger partial charge on any atom is -0.432 e. The smallest absolute Gasteiger partial charge is 0.400 e. The number of hydrogen-bond acceptors (Lipinski definition) is 1. The van der Waals surface area contributed by atoms with Crippen molar-refractivity contribution in [2.24, 2.45) is 35.5 Å². The van der Waals surface area contributed by atoms with E-state index in [0.29, 0.717) is 30.7 Å². The molecule has 0 bridgehead atoms. The minimum atomic E-state index is -3.38. The molecule has 0 N–H and O–H groups in total. The van der Waals surface area contributed by atoms with Crippen LogP contribution < -0.4 is 4.74 Å². The van der Waals surface area contributed by atoms with Gasteiger partial charge in [0.2, 0.25) is 0 Å². The third-order valence-corrected chi connectivity index (χ3v) is 10.1. The molecule has 0 atom stereocenters. The molecule has 220 valence electrons. The first-order chi connectivity index (χ1) is 18.8. The minimum absolute atomic E-state index is 0.331. The van der Waals surface area contributed by atoms with Gasteiger partial charge in [-0.2, -0.15) is 8.78 Å². The molecule has 1 aromatic rings. The SMILES string of the molecule is CCCCCCCC1CCC(C2CCC(/C=C/C3CCC(C(F)(F)Oc4ccc(F)c(F)c4)CC3)CC2)CC1. The van der Waals surface area contributed by atoms with Crippen LogP contribution in [0.5, 0.6) is 5.75 Å². The molecule has 0 aliphatic heterocycles. The molecule has 3 aliphatic rings. The Morgan fingerprint density at radius 1 is 0.718 bits per heavy atom. The van der Waals surface area contributed by atoms with Gasteiger partial charge in [0.05, 0.1) is 5.92 Å². The van der Waals surface area contributed by atoms with Gasteiger partial charge >= 0.3 is 6.11 Å². The molecule has 4 rings (SSSR count). The highest BCUT2D eigenvalue weighted by atomic mass is 19.3. The molecule has 5 heteroatoms. The number of hydrogen-bond donors (Lipinski definition) is 0. The van der Waals surface area contributed by atoms with Crippen LogP contribution in [0.2, 0.25) is 0 Å². The van der Waals surface area contributed by atoms with Crippen molar-refractivity contribution < 1.29 is 22.3 Å². The van der Waals surface area contributed by atoms with Gasteiger partial charge in [-0.15, -0.1) is 0 Å². The standard InChI is InChI=1S/C34H50F4O/c1-2-3-4-5-6-7-25-10-16-28(17-11-25)29-18-12-26(13-19-29)8-9-27-14-20-30(21-15-27)34(37,38)39-31-22-23-32(35)33(36)24-31/h8-9,22-30H,2-7,10-21H2,1H3/b9-8+. The summed E-state index contributed by atoms with van der Waals surface area (Å²) in [5, 5.41) is 0. The third-order valence-electron chi connectivity index (χ3n) is 10.1. The van der Waals surface area contributed by atoms with Gasteiger partial charge in [-0.3, -0.25) is 0 Å². The third kappa shape index (κ3) is 9.25. The van der Waals surface area contributed by atoms with Crippen molar-refractivity contribution in [3.8, 4) is 5.75 Å². The van der Waals surface area contributed by atoms with E-state index in [1.807, 2.05) is 0 Å². The van der Waals surface area contributed by atoms with E-state index in [0.717, 1.165) is 42.7 Å². The zero-order valence-electron chi connectivity index (χ0n) is 24.0. The Morgan fingerprint density at radius 3 is 1.87 bits per heavy atom. The lowest BCUT2D eigenvalue weighted by molar-refractivity contribution is -0.223. The van der Waals surface area contributed by atoms with Gasteiger partial charge < -0.3 is 4.74 Å². The largest absolute Gasteiger partial charge is 0.432 e. The molecule has 0 heterocycles. The van der Waals surface area contributed by atoms with Crippen LogP contribution in [0.4, 0.5) is 17.6 Å². The molecule has 39 heavy (non-hydrogen) atoms. The Bertz CT molecular complexity index is 875. The number of alkyl halides is 2. The lowest BCUT2D eigenvalue weighted by Crippen LogP contribution is -2.37. The molecule has 0 radical (unpaired) electrons. The maximum atomic E-state index is 14.7. The van der Waals surface area contributed by atoms with E-state index < -0.39 is 23.7 Å². The van der Waals surface area contributed by atoms with Crippen LogP contribution in [0, 0.1) is 47.1 Å². The van der Waals surface area contributed by atoms with Crippen molar-refractivity contribution in [2.75, 3.05) is 0 Å². The van der Waals surface area contributed by atoms with Crippen LogP contribution in [-0.4, -0.2) is 6.11 Å². The summed E-state index contributed by atoms with van der Waals surface area (Å²) in [6.07, 6.45) is 22.9. The van der Waals surface area contributed by atoms with Crippen molar-refractivity contribution >= 4 is 0 Å². The quantitative estimate of drug-likeness (QED) is 0.143. The van der Waals surface area contributed by atoms with Crippen LogP contribution >= 0.6 is 0 Å². The van der Waals surface area contributed by atoms with E-state index in [4.69, 9.17) is 4.74 Å². The zero-order chi connectivity index (χ0) is 27.7. The van der Waals surface area contributed by atoms with Crippen LogP contribution in [0.3, 0.4) is 0 Å². The number of unbranched alkanes of at least 4 members (excludes halogenated alkanes) is 4. The highest BCUT2D eigenvalue weighted by Gasteiger charge is 2.44. The molecule has 3 saturated carbocycles. The fourth-order valence-electron chi connectivity index (χ4n) is 7.54. The molecule has 3 aliphatic carbocycles. The first-order valence-electron chi connectivity index (χ1n) is 16.0. The van der Waals surface area contributed by atoms with Crippen molar-refractivity contribution in [1.29, 1.82) is 0 Å². The summed E-state index contributed by atoms with van der Waals surface area (Å²) < 4.78 is 60.6. The number of ether oxygens (including phenoxy) is 1. The molecule has 1 nitrogen and oxygen atoms in total. The van der Waals surface area contributed by atoms with Crippen molar-refractivity contribution in [1.82, 2.24) is 0 Å². The summed E-state index contributed by atoms with van der Waals surface area (Å²) in [5.74, 6) is 0.328. The molecule has 3 fully saturated rings. The first kappa shape index (κ1) is 30.4. The predicted molar refractivity (Wildman–Crippen MR) is 151 cm³/mol. The van der Waals surface area contributed by atoms with E-state index in [2.05, 4.69) is 19.1 Å². The van der Waals surface area contributed by atoms with Crippen LogP contribution in [0.15, 0.2) is 30.4 Å². The second kappa shape index (κ2) is 14.9. The van der Waals surface area contributed by atoms with Gasteiger partial charge in [0, 0.05) is 6.07 Å². The van der Waals surface area contributed by atoms with Crippen LogP contribution in [0.25, 0.3) is 0 Å². The van der Waals surface area contributed by atoms with E-state index in [1.54, 1.807) is 0 Å². The summed E-state index contributed by atoms with van der Waals surface area (Å²) in [6, 6.07) is 2.56. The number of benzene rings is 1. The highest BCUT2D eigenvalue weighted by molar-refractivity contribution is 5.24. The molecule has 0 aromatic heterocycles. The second-order valence-corrected chi connectivity index (χ2v) is 12.9. The van der Waals surface area contributed by atoms with Gasteiger partial charge in [0.1, 0.15) is 5.75 Å². The Labute approximate surface area is 234 Å². The van der Waals surface area contributed by atoms with Gasteiger partial charge in [-0.25, -0.2) is 8.78 Å². The normalized spacial score (nSPS) is 30.5. The second-order valence-electron chi connectivity index (χ2n) is 12.9. The monoisotopic (exact) mass is 550 g/mol. The first-order valence-corrected chi connectivity index (χ1v) is 16.0. The fraction of sp³-hybridized carbons (Fsp3) is 0.765. The highest BCUT2D eigenvalue weighted by Crippen LogP contribution is 2.44. The molecule has 0 spiro atoms. The Morgan fingerprint density at radius 2 is 1.28 bits per heavy atom. The number of halogens is 4. The van der Waals surface area contributed by atoms with E-state index >= 15 is 0 Å². The Kier molecular flexibility index (Phi) is 11.6. The summed E-state index contributed by atoms with van der Waals surface area (Å²) in [4.78, 5) is 0. The molecule has 0 saturated heterocycles. The topological polar surface area (TPSA) is 9.23 Å². The Hall–Kier alpha value is -1.52. The molecular formula is C34H50F4O. The van der Waals surface area contributed by atoms with E-state index in [9.17, 15) is 17.6 Å². The van der Waals surface area contributed by atoms with Crippen molar-refractivity contribution in [3.63, 3.8) is 0 Å². The maximum Gasteiger partial charge on any atom is 0.400 e. The number of rotatable bonds is 12. The lowest BCUT2D eigenvalue weighted by Gasteiger charge is -2.37. The fourth-order valence-corrected chi connectivity index (χ4v) is 7.54. The summed E-state index contributed by atoms with van der Waals surface area (Å²) in [6.45, 7) is 2.28. The summed E-state index contributed by atoms with van der Waals surface area (Å²) >= 11 is 0. The summed E-state index contributed by atoms with van der Waals surface area (Å²) in [5.41, 5.74) is 0. The van der Waals surface area contributed by atoms with E-state index in [-0.39, 0.29) is 5.75 Å². The average molecular weight is 551 g/mol. The van der Waals surface area contributed by atoms with Crippen molar-refractivity contribution in [2.45, 2.75) is 129 Å². The van der Waals surface area contributed by atoms with Gasteiger partial charge in [-0.05, 0) is 106 Å². The van der Waals surface area contributed by atoms with Gasteiger partial charge in [-0.1, -0.05) is 70.4 Å². The van der Waals surface area contributed by atoms with Crippen molar-refractivity contribution in [3.05, 3.63) is 42.0 Å². The van der Waals surface area contributed by atoms with Crippen LogP contribution in [-0.2, 0) is 0 Å². The van der Waals surface area contributed by atoms with E-state index in [1.165, 1.54) is 89.9 Å². The van der Waals surface area contributed by atoms with Crippen LogP contribution in [0.1, 0.15) is 122 Å². The average Bonchev–Trinajstić information content (AvgIpc) is 2.94. The number of allylic oxidation sites excluding steroid dienone is 2. The maximum absolute atomic E-state index is 14.7. The lowest BCUT2D eigenvalue weighted by atomic mass is 9.68. The van der Waals surface area contributed by atoms with Gasteiger partial charge in [0.25, 0.3) is 0 Å². The zero-order valence-corrected chi connectivity index (χ0v) is 24.0. The predicted octanol–water partition coefficient (Wildman–Crippen LogP) is 11.3. The molecule has 0 amide bonds. The Balaban J connectivity index is 1.11. The van der Waals surface area contributed by atoms with Gasteiger partial charge in [0.15, 0.2) is 11.6 Å². The molecule has 0 unspecified atom stereocenters. The summed E-state index contributed by atoms with van der Waals surface area (Å²) in [7, 11) is 0. The molecule has 1 aromatic carbocycles. The molecular weight excluding hydrogens is 500 g/mol.